The Balaban J connectivity index is 2.44. The lowest BCUT2D eigenvalue weighted by Gasteiger charge is -2.11. The second-order valence-electron chi connectivity index (χ2n) is 4.62. The monoisotopic (exact) mass is 252 g/mol. The molecule has 0 amide bonds. The van der Waals surface area contributed by atoms with Crippen LogP contribution in [0.5, 0.6) is 0 Å². The molecule has 19 heavy (non-hydrogen) atoms. The van der Waals surface area contributed by atoms with Gasteiger partial charge in [-0.2, -0.15) is 5.26 Å². The SMILES string of the molecule is Cc1ccc(-c2ccc(N(C)C#N)nn2)c(C)c1C. The maximum atomic E-state index is 8.79. The van der Waals surface area contributed by atoms with Crippen LogP contribution in [-0.2, 0) is 0 Å². The Bertz CT molecular complexity index is 638. The molecule has 2 aromatic rings. The van der Waals surface area contributed by atoms with Crippen molar-refractivity contribution in [1.82, 2.24) is 10.2 Å². The second-order valence-corrected chi connectivity index (χ2v) is 4.62. The van der Waals surface area contributed by atoms with Gasteiger partial charge in [0, 0.05) is 12.6 Å². The van der Waals surface area contributed by atoms with E-state index < -0.39 is 0 Å². The minimum absolute atomic E-state index is 0.549. The van der Waals surface area contributed by atoms with Crippen LogP contribution in [0.2, 0.25) is 0 Å². The number of benzene rings is 1. The fourth-order valence-electron chi connectivity index (χ4n) is 1.93. The minimum Gasteiger partial charge on any atom is -0.265 e. The van der Waals surface area contributed by atoms with Gasteiger partial charge in [-0.25, -0.2) is 0 Å². The predicted molar refractivity (Wildman–Crippen MR) is 75.7 cm³/mol. The van der Waals surface area contributed by atoms with E-state index in [0.717, 1.165) is 11.3 Å². The Labute approximate surface area is 113 Å². The van der Waals surface area contributed by atoms with E-state index >= 15 is 0 Å². The van der Waals surface area contributed by atoms with E-state index in [2.05, 4.69) is 43.1 Å². The highest BCUT2D eigenvalue weighted by atomic mass is 15.2. The summed E-state index contributed by atoms with van der Waals surface area (Å²) in [7, 11) is 1.66. The van der Waals surface area contributed by atoms with Gasteiger partial charge in [0.2, 0.25) is 0 Å². The third kappa shape index (κ3) is 2.41. The van der Waals surface area contributed by atoms with Crippen LogP contribution in [0.4, 0.5) is 5.82 Å². The minimum atomic E-state index is 0.549. The molecule has 0 saturated heterocycles. The average molecular weight is 252 g/mol. The third-order valence-corrected chi connectivity index (χ3v) is 3.48. The zero-order valence-corrected chi connectivity index (χ0v) is 11.6. The van der Waals surface area contributed by atoms with Crippen molar-refractivity contribution in [3.8, 4) is 17.5 Å². The number of nitriles is 1. The molecule has 0 radical (unpaired) electrons. The van der Waals surface area contributed by atoms with Gasteiger partial charge in [0.25, 0.3) is 0 Å². The van der Waals surface area contributed by atoms with Gasteiger partial charge in [-0.1, -0.05) is 12.1 Å². The summed E-state index contributed by atoms with van der Waals surface area (Å²) in [5.41, 5.74) is 5.68. The molecule has 0 aliphatic rings. The van der Waals surface area contributed by atoms with Gasteiger partial charge in [-0.05, 0) is 49.6 Å². The van der Waals surface area contributed by atoms with Crippen LogP contribution in [0, 0.1) is 32.2 Å². The number of anilines is 1. The quantitative estimate of drug-likeness (QED) is 0.609. The molecular weight excluding hydrogens is 236 g/mol. The molecular formula is C15H16N4. The van der Waals surface area contributed by atoms with Gasteiger partial charge in [-0.3, -0.25) is 4.90 Å². The Hall–Kier alpha value is -2.41. The predicted octanol–water partition coefficient (Wildman–Crippen LogP) is 2.99. The highest BCUT2D eigenvalue weighted by Gasteiger charge is 2.09. The van der Waals surface area contributed by atoms with E-state index in [4.69, 9.17) is 5.26 Å². The van der Waals surface area contributed by atoms with E-state index in [9.17, 15) is 0 Å². The third-order valence-electron chi connectivity index (χ3n) is 3.48. The van der Waals surface area contributed by atoms with E-state index in [0.29, 0.717) is 5.82 Å². The van der Waals surface area contributed by atoms with Crippen LogP contribution in [-0.4, -0.2) is 17.2 Å². The number of rotatable bonds is 2. The maximum Gasteiger partial charge on any atom is 0.185 e. The Kier molecular flexibility index (Phi) is 3.48. The molecule has 0 saturated carbocycles. The summed E-state index contributed by atoms with van der Waals surface area (Å²) in [4.78, 5) is 1.38. The number of aromatic nitrogens is 2. The highest BCUT2D eigenvalue weighted by molar-refractivity contribution is 5.66. The maximum absolute atomic E-state index is 8.79. The molecule has 0 bridgehead atoms. The molecule has 1 aromatic heterocycles. The van der Waals surface area contributed by atoms with Crippen LogP contribution in [0.15, 0.2) is 24.3 Å². The highest BCUT2D eigenvalue weighted by Crippen LogP contribution is 2.26. The summed E-state index contributed by atoms with van der Waals surface area (Å²) in [6, 6.07) is 7.86. The fourth-order valence-corrected chi connectivity index (χ4v) is 1.93. The first-order chi connectivity index (χ1) is 9.04. The summed E-state index contributed by atoms with van der Waals surface area (Å²) in [5.74, 6) is 0.549. The lowest BCUT2D eigenvalue weighted by Crippen LogP contribution is -2.10. The molecule has 0 aliphatic heterocycles. The molecule has 96 valence electrons. The van der Waals surface area contributed by atoms with Crippen molar-refractivity contribution >= 4 is 5.82 Å². The van der Waals surface area contributed by atoms with Crippen LogP contribution in [0.1, 0.15) is 16.7 Å². The zero-order chi connectivity index (χ0) is 14.0. The van der Waals surface area contributed by atoms with Crippen LogP contribution in [0.3, 0.4) is 0 Å². The molecule has 0 unspecified atom stereocenters. The van der Waals surface area contributed by atoms with Crippen LogP contribution < -0.4 is 4.90 Å². The van der Waals surface area contributed by atoms with Gasteiger partial charge in [0.15, 0.2) is 12.0 Å². The standard InChI is InChI=1S/C15H16N4/c1-10-5-6-13(12(3)11(10)2)14-7-8-15(18-17-14)19(4)9-16/h5-8H,1-4H3. The fraction of sp³-hybridized carbons (Fsp3) is 0.267. The first-order valence-electron chi connectivity index (χ1n) is 6.09. The molecule has 0 N–H and O–H groups in total. The topological polar surface area (TPSA) is 52.8 Å². The summed E-state index contributed by atoms with van der Waals surface area (Å²) in [5, 5.41) is 17.1. The van der Waals surface area contributed by atoms with E-state index in [-0.39, 0.29) is 0 Å². The second kappa shape index (κ2) is 5.07. The number of nitrogens with zero attached hydrogens (tertiary/aromatic N) is 4. The molecule has 4 nitrogen and oxygen atoms in total. The normalized spacial score (nSPS) is 10.1. The summed E-state index contributed by atoms with van der Waals surface area (Å²) < 4.78 is 0. The lowest BCUT2D eigenvalue weighted by molar-refractivity contribution is 0.992. The van der Waals surface area contributed by atoms with Crippen LogP contribution in [0.25, 0.3) is 11.3 Å². The first kappa shape index (κ1) is 13.0. The lowest BCUT2D eigenvalue weighted by atomic mass is 9.97. The van der Waals surface area contributed by atoms with Crippen molar-refractivity contribution in [3.05, 3.63) is 41.0 Å². The van der Waals surface area contributed by atoms with Crippen molar-refractivity contribution in [2.24, 2.45) is 0 Å². The van der Waals surface area contributed by atoms with Gasteiger partial charge < -0.3 is 0 Å². The van der Waals surface area contributed by atoms with Gasteiger partial charge in [0.05, 0.1) is 5.69 Å². The molecule has 0 atom stereocenters. The Morgan fingerprint density at radius 2 is 1.74 bits per heavy atom. The summed E-state index contributed by atoms with van der Waals surface area (Å²) in [6.45, 7) is 6.30. The Morgan fingerprint density at radius 1 is 1.00 bits per heavy atom. The summed E-state index contributed by atoms with van der Waals surface area (Å²) >= 11 is 0. The Morgan fingerprint density at radius 3 is 2.32 bits per heavy atom. The molecule has 1 aromatic carbocycles. The number of aryl methyl sites for hydroxylation is 1. The van der Waals surface area contributed by atoms with Gasteiger partial charge >= 0.3 is 0 Å². The first-order valence-corrected chi connectivity index (χ1v) is 6.09. The van der Waals surface area contributed by atoms with Crippen molar-refractivity contribution in [2.75, 3.05) is 11.9 Å². The molecule has 2 rings (SSSR count). The largest absolute Gasteiger partial charge is 0.265 e. The summed E-state index contributed by atoms with van der Waals surface area (Å²) in [6.07, 6.45) is 2.00. The van der Waals surface area contributed by atoms with Crippen molar-refractivity contribution in [3.63, 3.8) is 0 Å². The van der Waals surface area contributed by atoms with Crippen molar-refractivity contribution in [2.45, 2.75) is 20.8 Å². The van der Waals surface area contributed by atoms with E-state index in [1.54, 1.807) is 13.1 Å². The number of hydrogen-bond donors (Lipinski definition) is 0. The molecule has 1 heterocycles. The van der Waals surface area contributed by atoms with Gasteiger partial charge in [0.1, 0.15) is 0 Å². The number of hydrogen-bond acceptors (Lipinski definition) is 4. The molecule has 0 spiro atoms. The van der Waals surface area contributed by atoms with Gasteiger partial charge in [-0.15, -0.1) is 10.2 Å². The average Bonchev–Trinajstić information content (AvgIpc) is 2.44. The van der Waals surface area contributed by atoms with Crippen molar-refractivity contribution in [1.29, 1.82) is 5.26 Å². The molecule has 0 aliphatic carbocycles. The van der Waals surface area contributed by atoms with E-state index in [1.807, 2.05) is 12.3 Å². The molecule has 0 fully saturated rings. The smallest absolute Gasteiger partial charge is 0.185 e. The molecule has 4 heteroatoms. The zero-order valence-electron chi connectivity index (χ0n) is 11.6. The van der Waals surface area contributed by atoms with Crippen LogP contribution >= 0.6 is 0 Å². The van der Waals surface area contributed by atoms with Crippen molar-refractivity contribution < 1.29 is 0 Å². The van der Waals surface area contributed by atoms with E-state index in [1.165, 1.54) is 21.6 Å².